The van der Waals surface area contributed by atoms with Gasteiger partial charge in [-0.05, 0) is 48.9 Å². The third-order valence-electron chi connectivity index (χ3n) is 3.42. The Morgan fingerprint density at radius 2 is 1.71 bits per heavy atom. The van der Waals surface area contributed by atoms with E-state index in [2.05, 4.69) is 5.32 Å². The van der Waals surface area contributed by atoms with Gasteiger partial charge in [-0.2, -0.15) is 0 Å². The molecule has 5 heteroatoms. The first-order valence-corrected chi connectivity index (χ1v) is 6.47. The number of phenolic OH excluding ortho intramolecular Hbond substituents is 1. The van der Waals surface area contributed by atoms with Gasteiger partial charge in [0, 0.05) is 5.69 Å². The van der Waals surface area contributed by atoms with E-state index in [4.69, 9.17) is 10.5 Å². The molecule has 0 fully saturated rings. The minimum atomic E-state index is -1.08. The van der Waals surface area contributed by atoms with Crippen molar-refractivity contribution in [3.05, 3.63) is 54.1 Å². The minimum Gasteiger partial charge on any atom is -0.508 e. The molecule has 0 aliphatic carbocycles. The van der Waals surface area contributed by atoms with Crippen molar-refractivity contribution in [1.82, 2.24) is 0 Å². The van der Waals surface area contributed by atoms with Gasteiger partial charge in [0.1, 0.15) is 17.0 Å². The fourth-order valence-corrected chi connectivity index (χ4v) is 2.03. The maximum atomic E-state index is 11.9. The Morgan fingerprint density at radius 1 is 1.14 bits per heavy atom. The Balaban J connectivity index is 2.33. The fourth-order valence-electron chi connectivity index (χ4n) is 2.03. The van der Waals surface area contributed by atoms with Crippen LogP contribution in [0.4, 0.5) is 5.69 Å². The lowest BCUT2D eigenvalue weighted by atomic mass is 9.90. The van der Waals surface area contributed by atoms with Gasteiger partial charge in [-0.3, -0.25) is 4.79 Å². The second-order valence-electron chi connectivity index (χ2n) is 4.89. The van der Waals surface area contributed by atoms with Gasteiger partial charge in [0.2, 0.25) is 5.91 Å². The van der Waals surface area contributed by atoms with Crippen LogP contribution >= 0.6 is 0 Å². The first-order chi connectivity index (χ1) is 9.95. The topological polar surface area (TPSA) is 84.6 Å². The molecule has 0 aliphatic rings. The number of nitrogens with two attached hydrogens (primary N) is 1. The second kappa shape index (κ2) is 5.75. The molecule has 0 saturated heterocycles. The maximum Gasteiger partial charge on any atom is 0.247 e. The molecule has 0 aromatic heterocycles. The SMILES string of the molecule is COc1ccc(NC(C)(C(N)=O)c2ccc(O)cc2)cc1. The summed E-state index contributed by atoms with van der Waals surface area (Å²) < 4.78 is 5.10. The number of carbonyl (C=O) groups excluding carboxylic acids is 1. The molecule has 2 aromatic carbocycles. The van der Waals surface area contributed by atoms with Crippen molar-refractivity contribution < 1.29 is 14.6 Å². The average molecular weight is 286 g/mol. The van der Waals surface area contributed by atoms with Crippen LogP contribution in [0.25, 0.3) is 0 Å². The highest BCUT2D eigenvalue weighted by molar-refractivity contribution is 5.89. The van der Waals surface area contributed by atoms with Crippen LogP contribution in [-0.2, 0) is 10.3 Å². The smallest absolute Gasteiger partial charge is 0.247 e. The Hall–Kier alpha value is -2.69. The van der Waals surface area contributed by atoms with E-state index < -0.39 is 11.4 Å². The molecular weight excluding hydrogens is 268 g/mol. The normalized spacial score (nSPS) is 13.2. The standard InChI is InChI=1S/C16H18N2O3/c1-16(15(17)20,11-3-7-13(19)8-4-11)18-12-5-9-14(21-2)10-6-12/h3-10,18-19H,1-2H3,(H2,17,20). The van der Waals surface area contributed by atoms with Crippen molar-refractivity contribution in [2.24, 2.45) is 5.73 Å². The summed E-state index contributed by atoms with van der Waals surface area (Å²) in [5.74, 6) is 0.352. The Morgan fingerprint density at radius 3 is 2.19 bits per heavy atom. The van der Waals surface area contributed by atoms with Gasteiger partial charge in [0.25, 0.3) is 0 Å². The van der Waals surface area contributed by atoms with Gasteiger partial charge in [0.15, 0.2) is 0 Å². The molecule has 110 valence electrons. The number of nitrogens with one attached hydrogen (secondary N) is 1. The summed E-state index contributed by atoms with van der Waals surface area (Å²) in [4.78, 5) is 11.9. The summed E-state index contributed by atoms with van der Waals surface area (Å²) >= 11 is 0. The van der Waals surface area contributed by atoms with Gasteiger partial charge in [-0.15, -0.1) is 0 Å². The van der Waals surface area contributed by atoms with E-state index in [1.165, 1.54) is 12.1 Å². The van der Waals surface area contributed by atoms with E-state index in [9.17, 15) is 9.90 Å². The quantitative estimate of drug-likeness (QED) is 0.786. The van der Waals surface area contributed by atoms with Gasteiger partial charge < -0.3 is 20.9 Å². The van der Waals surface area contributed by atoms with Crippen molar-refractivity contribution in [3.8, 4) is 11.5 Å². The zero-order chi connectivity index (χ0) is 15.5. The third kappa shape index (κ3) is 3.08. The number of carbonyl (C=O) groups is 1. The monoisotopic (exact) mass is 286 g/mol. The fraction of sp³-hybridized carbons (Fsp3) is 0.188. The van der Waals surface area contributed by atoms with Crippen molar-refractivity contribution in [2.45, 2.75) is 12.5 Å². The molecule has 0 bridgehead atoms. The van der Waals surface area contributed by atoms with E-state index in [0.29, 0.717) is 5.56 Å². The molecule has 1 atom stereocenters. The maximum absolute atomic E-state index is 11.9. The molecule has 0 heterocycles. The number of primary amides is 1. The highest BCUT2D eigenvalue weighted by Crippen LogP contribution is 2.28. The van der Waals surface area contributed by atoms with Crippen molar-refractivity contribution in [1.29, 1.82) is 0 Å². The van der Waals surface area contributed by atoms with Gasteiger partial charge in [-0.25, -0.2) is 0 Å². The average Bonchev–Trinajstić information content (AvgIpc) is 2.48. The summed E-state index contributed by atoms with van der Waals surface area (Å²) in [6.07, 6.45) is 0. The van der Waals surface area contributed by atoms with Crippen LogP contribution < -0.4 is 15.8 Å². The summed E-state index contributed by atoms with van der Waals surface area (Å²) in [5, 5.41) is 12.5. The molecule has 1 unspecified atom stereocenters. The first kappa shape index (κ1) is 14.7. The lowest BCUT2D eigenvalue weighted by Gasteiger charge is -2.29. The molecular formula is C16H18N2O3. The Bertz CT molecular complexity index is 623. The van der Waals surface area contributed by atoms with Crippen LogP contribution in [0.15, 0.2) is 48.5 Å². The highest BCUT2D eigenvalue weighted by atomic mass is 16.5. The number of aromatic hydroxyl groups is 1. The van der Waals surface area contributed by atoms with Crippen LogP contribution in [-0.4, -0.2) is 18.1 Å². The van der Waals surface area contributed by atoms with Gasteiger partial charge >= 0.3 is 0 Å². The minimum absolute atomic E-state index is 0.134. The number of phenols is 1. The molecule has 0 aliphatic heterocycles. The highest BCUT2D eigenvalue weighted by Gasteiger charge is 2.33. The van der Waals surface area contributed by atoms with Crippen molar-refractivity contribution >= 4 is 11.6 Å². The largest absolute Gasteiger partial charge is 0.508 e. The number of amides is 1. The summed E-state index contributed by atoms with van der Waals surface area (Å²) in [6, 6.07) is 13.6. The van der Waals surface area contributed by atoms with E-state index >= 15 is 0 Å². The van der Waals surface area contributed by atoms with E-state index in [1.54, 1.807) is 50.4 Å². The molecule has 0 spiro atoms. The second-order valence-corrected chi connectivity index (χ2v) is 4.89. The van der Waals surface area contributed by atoms with Crippen LogP contribution in [0.5, 0.6) is 11.5 Å². The van der Waals surface area contributed by atoms with Crippen LogP contribution in [0.1, 0.15) is 12.5 Å². The lowest BCUT2D eigenvalue weighted by Crippen LogP contribution is -2.45. The summed E-state index contributed by atoms with van der Waals surface area (Å²) in [7, 11) is 1.59. The number of hydrogen-bond donors (Lipinski definition) is 3. The number of methoxy groups -OCH3 is 1. The summed E-state index contributed by atoms with van der Waals surface area (Å²) in [5.41, 5.74) is 5.89. The van der Waals surface area contributed by atoms with E-state index in [0.717, 1.165) is 11.4 Å². The third-order valence-corrected chi connectivity index (χ3v) is 3.42. The van der Waals surface area contributed by atoms with Gasteiger partial charge in [-0.1, -0.05) is 12.1 Å². The number of hydrogen-bond acceptors (Lipinski definition) is 4. The zero-order valence-electron chi connectivity index (χ0n) is 12.0. The number of anilines is 1. The van der Waals surface area contributed by atoms with Gasteiger partial charge in [0.05, 0.1) is 7.11 Å². The molecule has 0 radical (unpaired) electrons. The number of ether oxygens (including phenoxy) is 1. The van der Waals surface area contributed by atoms with Crippen LogP contribution in [0, 0.1) is 0 Å². The zero-order valence-corrected chi connectivity index (χ0v) is 12.0. The molecule has 21 heavy (non-hydrogen) atoms. The number of benzene rings is 2. The van der Waals surface area contributed by atoms with Crippen LogP contribution in [0.3, 0.4) is 0 Å². The Kier molecular flexibility index (Phi) is 4.03. The lowest BCUT2D eigenvalue weighted by molar-refractivity contribution is -0.122. The van der Waals surface area contributed by atoms with E-state index in [1.807, 2.05) is 0 Å². The predicted molar refractivity (Wildman–Crippen MR) is 81.3 cm³/mol. The molecule has 2 rings (SSSR count). The molecule has 5 nitrogen and oxygen atoms in total. The Labute approximate surface area is 123 Å². The summed E-state index contributed by atoms with van der Waals surface area (Å²) in [6.45, 7) is 1.70. The predicted octanol–water partition coefficient (Wildman–Crippen LogP) is 2.21. The first-order valence-electron chi connectivity index (χ1n) is 6.47. The molecule has 0 saturated carbocycles. The molecule has 1 amide bonds. The number of rotatable bonds is 5. The molecule has 2 aromatic rings. The van der Waals surface area contributed by atoms with Crippen molar-refractivity contribution in [3.63, 3.8) is 0 Å². The van der Waals surface area contributed by atoms with Crippen molar-refractivity contribution in [2.75, 3.05) is 12.4 Å². The molecule has 4 N–H and O–H groups in total. The van der Waals surface area contributed by atoms with E-state index in [-0.39, 0.29) is 5.75 Å². The van der Waals surface area contributed by atoms with Crippen LogP contribution in [0.2, 0.25) is 0 Å².